The Balaban J connectivity index is 0.707. The van der Waals surface area contributed by atoms with E-state index in [2.05, 4.69) is 64.4 Å². The van der Waals surface area contributed by atoms with Crippen molar-refractivity contribution in [2.24, 2.45) is 5.92 Å². The number of Topliss-reactive ketones (excluding diaryl/α,β-unsaturated/α-hetero) is 1. The lowest BCUT2D eigenvalue weighted by Crippen LogP contribution is -2.50. The molecule has 14 heteroatoms. The van der Waals surface area contributed by atoms with Crippen LogP contribution in [0.25, 0.3) is 11.0 Å². The topological polar surface area (TPSA) is 138 Å². The second kappa shape index (κ2) is 17.0. The van der Waals surface area contributed by atoms with Crippen LogP contribution in [0.3, 0.4) is 0 Å². The van der Waals surface area contributed by atoms with Crippen molar-refractivity contribution in [3.05, 3.63) is 75.3 Å². The molecule has 4 aromatic rings. The first-order valence-electron chi connectivity index (χ1n) is 21.6. The summed E-state index contributed by atoms with van der Waals surface area (Å²) < 4.78 is 1.74. The minimum Gasteiger partial charge on any atom is -0.374 e. The number of hydrogen-bond acceptors (Lipinski definition) is 13. The van der Waals surface area contributed by atoms with Crippen LogP contribution in [0.2, 0.25) is 0 Å². The van der Waals surface area contributed by atoms with E-state index in [1.165, 1.54) is 50.7 Å². The SMILES string of the molecule is CC(=O)c1c(C)c2cnc(Nc3ccc(N4CCN(CCN5CCC(CN6CCN(c7ccc8c(c7)CNC8O)CC6)CC5)CC4)cn3)nc2n(C2CCCC2)c1=O. The van der Waals surface area contributed by atoms with Gasteiger partial charge in [0.2, 0.25) is 5.95 Å². The molecule has 58 heavy (non-hydrogen) atoms. The molecule has 0 radical (unpaired) electrons. The number of nitrogens with zero attached hydrogens (tertiary/aromatic N) is 9. The number of piperazine rings is 2. The molecular weight excluding hydrogens is 731 g/mol. The molecule has 3 saturated heterocycles. The molecule has 4 aliphatic heterocycles. The van der Waals surface area contributed by atoms with Gasteiger partial charge in [-0.2, -0.15) is 4.98 Å². The number of likely N-dealkylation sites (tertiary alicyclic amines) is 1. The number of aliphatic hydroxyl groups excluding tert-OH is 1. The van der Waals surface area contributed by atoms with Crippen LogP contribution in [0.5, 0.6) is 0 Å². The van der Waals surface area contributed by atoms with Crippen molar-refractivity contribution in [1.82, 2.24) is 39.5 Å². The van der Waals surface area contributed by atoms with Gasteiger partial charge < -0.3 is 25.1 Å². The van der Waals surface area contributed by atoms with Gasteiger partial charge in [-0.05, 0) is 99.5 Å². The monoisotopic (exact) mass is 789 g/mol. The van der Waals surface area contributed by atoms with E-state index in [0.717, 1.165) is 120 Å². The Morgan fingerprint density at radius 1 is 0.828 bits per heavy atom. The number of aryl methyl sites for hydroxylation is 1. The summed E-state index contributed by atoms with van der Waals surface area (Å²) in [5.74, 6) is 1.60. The van der Waals surface area contributed by atoms with Crippen molar-refractivity contribution in [3.8, 4) is 0 Å². The summed E-state index contributed by atoms with van der Waals surface area (Å²) in [6, 6.07) is 10.6. The summed E-state index contributed by atoms with van der Waals surface area (Å²) in [5.41, 5.74) is 5.85. The van der Waals surface area contributed by atoms with Crippen molar-refractivity contribution in [2.45, 2.75) is 71.2 Å². The number of ketones is 1. The van der Waals surface area contributed by atoms with Gasteiger partial charge in [-0.15, -0.1) is 0 Å². The van der Waals surface area contributed by atoms with E-state index in [1.807, 2.05) is 19.2 Å². The molecular formula is C44H59N11O3. The van der Waals surface area contributed by atoms with Gasteiger partial charge in [0.15, 0.2) is 5.78 Å². The first kappa shape index (κ1) is 39.0. The number of anilines is 4. The molecule has 3 aromatic heterocycles. The fourth-order valence-electron chi connectivity index (χ4n) is 10.1. The number of hydrogen-bond donors (Lipinski definition) is 3. The minimum absolute atomic E-state index is 0.0361. The largest absolute Gasteiger partial charge is 0.374 e. The van der Waals surface area contributed by atoms with E-state index in [4.69, 9.17) is 9.97 Å². The highest BCUT2D eigenvalue weighted by Crippen LogP contribution is 2.33. The number of carbonyl (C=O) groups excluding carboxylic acids is 1. The fraction of sp³-hybridized carbons (Fsp3) is 0.568. The fourth-order valence-corrected chi connectivity index (χ4v) is 10.1. The molecule has 1 aliphatic carbocycles. The highest BCUT2D eigenvalue weighted by Gasteiger charge is 2.28. The third-order valence-corrected chi connectivity index (χ3v) is 13.6. The highest BCUT2D eigenvalue weighted by molar-refractivity contribution is 5.99. The van der Waals surface area contributed by atoms with Crippen LogP contribution in [0, 0.1) is 12.8 Å². The van der Waals surface area contributed by atoms with Gasteiger partial charge >= 0.3 is 0 Å². The number of aliphatic hydroxyl groups is 1. The average Bonchev–Trinajstić information content (AvgIpc) is 3.91. The summed E-state index contributed by atoms with van der Waals surface area (Å²) in [4.78, 5) is 53.0. The lowest BCUT2D eigenvalue weighted by Gasteiger charge is -2.40. The zero-order valence-electron chi connectivity index (χ0n) is 34.2. The molecule has 9 rings (SSSR count). The molecule has 14 nitrogen and oxygen atoms in total. The van der Waals surface area contributed by atoms with Crippen LogP contribution < -0.4 is 26.0 Å². The van der Waals surface area contributed by atoms with Crippen LogP contribution >= 0.6 is 0 Å². The lowest BCUT2D eigenvalue weighted by molar-refractivity contribution is 0.101. The molecule has 308 valence electrons. The zero-order valence-corrected chi connectivity index (χ0v) is 34.2. The summed E-state index contributed by atoms with van der Waals surface area (Å²) in [5, 5.41) is 17.2. The maximum Gasteiger partial charge on any atom is 0.263 e. The number of pyridine rings is 2. The predicted octanol–water partition coefficient (Wildman–Crippen LogP) is 4.31. The normalized spacial score (nSPS) is 21.6. The molecule has 1 aromatic carbocycles. The Labute approximate surface area is 341 Å². The molecule has 1 unspecified atom stereocenters. The average molecular weight is 790 g/mol. The van der Waals surface area contributed by atoms with E-state index in [1.54, 1.807) is 10.8 Å². The van der Waals surface area contributed by atoms with Gasteiger partial charge in [-0.25, -0.2) is 9.97 Å². The Morgan fingerprint density at radius 3 is 2.19 bits per heavy atom. The van der Waals surface area contributed by atoms with Crippen LogP contribution in [0.4, 0.5) is 23.1 Å². The number of carbonyl (C=O) groups is 1. The highest BCUT2D eigenvalue weighted by atomic mass is 16.3. The van der Waals surface area contributed by atoms with Crippen LogP contribution in [-0.4, -0.2) is 130 Å². The quantitative estimate of drug-likeness (QED) is 0.187. The molecule has 0 bridgehead atoms. The molecule has 3 N–H and O–H groups in total. The summed E-state index contributed by atoms with van der Waals surface area (Å²) in [6.07, 6.45) is 9.64. The van der Waals surface area contributed by atoms with Crippen molar-refractivity contribution in [3.63, 3.8) is 0 Å². The lowest BCUT2D eigenvalue weighted by atomic mass is 9.96. The van der Waals surface area contributed by atoms with Crippen LogP contribution in [0.15, 0.2) is 47.5 Å². The van der Waals surface area contributed by atoms with Gasteiger partial charge in [0.05, 0.1) is 17.4 Å². The first-order valence-corrected chi connectivity index (χ1v) is 21.6. The van der Waals surface area contributed by atoms with Gasteiger partial charge in [0.1, 0.15) is 17.7 Å². The Bertz CT molecular complexity index is 2150. The number of benzene rings is 1. The van der Waals surface area contributed by atoms with Crippen molar-refractivity contribution >= 4 is 40.0 Å². The predicted molar refractivity (Wildman–Crippen MR) is 228 cm³/mol. The summed E-state index contributed by atoms with van der Waals surface area (Å²) in [7, 11) is 0. The molecule has 4 fully saturated rings. The van der Waals surface area contributed by atoms with Gasteiger partial charge in [0, 0.05) is 102 Å². The third kappa shape index (κ3) is 8.22. The van der Waals surface area contributed by atoms with E-state index >= 15 is 0 Å². The van der Waals surface area contributed by atoms with E-state index in [-0.39, 0.29) is 22.9 Å². The second-order valence-electron chi connectivity index (χ2n) is 17.2. The number of piperidine rings is 1. The second-order valence-corrected chi connectivity index (χ2v) is 17.2. The molecule has 7 heterocycles. The maximum atomic E-state index is 13.6. The molecule has 1 saturated carbocycles. The van der Waals surface area contributed by atoms with Crippen LogP contribution in [0.1, 0.15) is 84.8 Å². The van der Waals surface area contributed by atoms with E-state index in [9.17, 15) is 14.7 Å². The van der Waals surface area contributed by atoms with Crippen molar-refractivity contribution in [1.29, 1.82) is 0 Å². The first-order chi connectivity index (χ1) is 28.3. The number of aromatic nitrogens is 4. The van der Waals surface area contributed by atoms with Gasteiger partial charge in [-0.3, -0.25) is 29.3 Å². The summed E-state index contributed by atoms with van der Waals surface area (Å²) >= 11 is 0. The van der Waals surface area contributed by atoms with E-state index in [0.29, 0.717) is 23.0 Å². The smallest absolute Gasteiger partial charge is 0.263 e. The summed E-state index contributed by atoms with van der Waals surface area (Å²) in [6.45, 7) is 18.3. The molecule has 0 spiro atoms. The Kier molecular flexibility index (Phi) is 11.4. The molecule has 5 aliphatic rings. The number of rotatable bonds is 11. The Hall–Kier alpha value is -4.47. The third-order valence-electron chi connectivity index (χ3n) is 13.6. The number of nitrogens with one attached hydrogen (secondary N) is 2. The molecule has 0 amide bonds. The van der Waals surface area contributed by atoms with Gasteiger partial charge in [-0.1, -0.05) is 18.9 Å². The van der Waals surface area contributed by atoms with Crippen LogP contribution in [-0.2, 0) is 6.54 Å². The minimum atomic E-state index is -0.522. The van der Waals surface area contributed by atoms with E-state index < -0.39 is 6.23 Å². The zero-order chi connectivity index (χ0) is 39.8. The maximum absolute atomic E-state index is 13.6. The Morgan fingerprint density at radius 2 is 1.50 bits per heavy atom. The van der Waals surface area contributed by atoms with Crippen molar-refractivity contribution in [2.75, 3.05) is 100 Å². The van der Waals surface area contributed by atoms with Gasteiger partial charge in [0.25, 0.3) is 5.56 Å². The molecule has 1 atom stereocenters. The number of fused-ring (bicyclic) bond motifs is 2. The standard InChI is InChI=1S/C44H59N11O3/c1-30-38-28-47-44(49-41(38)55(34-5-3-4-6-34)43(58)40(30)31(2)56)48-39-10-8-36(27-45-39)54-21-17-51(18-22-54)16-15-50-13-11-32(12-14-50)29-52-19-23-53(24-20-52)35-7-9-37-33(25-35)26-46-42(37)57/h7-10,25,27-28,32,34,42,46,57H,3-6,11-24,26,29H2,1-2H3,(H,45,47,48,49). The van der Waals surface area contributed by atoms with Crippen molar-refractivity contribution < 1.29 is 9.90 Å².